The Morgan fingerprint density at radius 3 is 1.64 bits per heavy atom. The van der Waals surface area contributed by atoms with Gasteiger partial charge in [0.05, 0.1) is 0 Å². The van der Waals surface area contributed by atoms with Crippen molar-refractivity contribution < 1.29 is 20.4 Å². The van der Waals surface area contributed by atoms with E-state index in [0.717, 1.165) is 0 Å². The Morgan fingerprint density at radius 2 is 1.18 bits per heavy atom. The molecule has 0 saturated heterocycles. The molecule has 0 amide bonds. The maximum absolute atomic E-state index is 2.27. The first-order valence-corrected chi connectivity index (χ1v) is 6.16. The Labute approximate surface area is 83.5 Å². The van der Waals surface area contributed by atoms with Gasteiger partial charge in [-0.05, 0) is 0 Å². The minimum absolute atomic E-state index is 1.37. The maximum atomic E-state index is 2.27. The van der Waals surface area contributed by atoms with Crippen LogP contribution in [0.1, 0.15) is 58.3 Å². The van der Waals surface area contributed by atoms with E-state index >= 15 is 0 Å². The van der Waals surface area contributed by atoms with E-state index in [1.54, 1.807) is 0 Å². The van der Waals surface area contributed by atoms with Gasteiger partial charge in [0.1, 0.15) is 0 Å². The summed E-state index contributed by atoms with van der Waals surface area (Å²) in [6.07, 6.45) is 11.6. The van der Waals surface area contributed by atoms with E-state index in [-0.39, 0.29) is 0 Å². The van der Waals surface area contributed by atoms with E-state index in [2.05, 4.69) is 27.4 Å². The van der Waals surface area contributed by atoms with Gasteiger partial charge in [-0.3, -0.25) is 0 Å². The molecule has 0 aromatic carbocycles. The van der Waals surface area contributed by atoms with Crippen LogP contribution in [0.5, 0.6) is 0 Å². The van der Waals surface area contributed by atoms with E-state index in [4.69, 9.17) is 0 Å². The molecule has 0 bridgehead atoms. The Morgan fingerprint density at radius 1 is 0.727 bits per heavy atom. The topological polar surface area (TPSA) is 0 Å². The van der Waals surface area contributed by atoms with Gasteiger partial charge in [-0.1, -0.05) is 0 Å². The number of hydrogen-bond acceptors (Lipinski definition) is 0. The van der Waals surface area contributed by atoms with Crippen LogP contribution >= 0.6 is 0 Å². The molecule has 0 rings (SSSR count). The zero-order valence-electron chi connectivity index (χ0n) is 7.86. The van der Waals surface area contributed by atoms with Crippen molar-refractivity contribution in [1.29, 1.82) is 0 Å². The van der Waals surface area contributed by atoms with E-state index in [9.17, 15) is 0 Å². The molecule has 0 aromatic rings. The molecule has 0 fully saturated rings. The van der Waals surface area contributed by atoms with Crippen molar-refractivity contribution in [2.24, 2.45) is 0 Å². The number of hydrogen-bond donors (Lipinski definition) is 0. The SMILES string of the molecule is CCCCCCCCC[CH2][Ti]. The second-order valence-corrected chi connectivity index (χ2v) is 4.01. The summed E-state index contributed by atoms with van der Waals surface area (Å²) in [5, 5.41) is 0. The van der Waals surface area contributed by atoms with Crippen LogP contribution in [0.15, 0.2) is 0 Å². The summed E-state index contributed by atoms with van der Waals surface area (Å²) < 4.78 is 1.37. The van der Waals surface area contributed by atoms with Gasteiger partial charge in [0.25, 0.3) is 0 Å². The number of rotatable bonds is 8. The molecular formula is C10H21Ti. The Bertz CT molecular complexity index is 53.9. The fourth-order valence-corrected chi connectivity index (χ4v) is 1.65. The second-order valence-electron chi connectivity index (χ2n) is 3.22. The third kappa shape index (κ3) is 10.7. The minimum atomic E-state index is 1.37. The van der Waals surface area contributed by atoms with Crippen molar-refractivity contribution >= 4 is 0 Å². The predicted octanol–water partition coefficient (Wildman–Crippen LogP) is 4.09. The molecule has 0 unspecified atom stereocenters. The van der Waals surface area contributed by atoms with Crippen molar-refractivity contribution in [3.05, 3.63) is 0 Å². The van der Waals surface area contributed by atoms with Crippen LogP contribution in [0.25, 0.3) is 0 Å². The summed E-state index contributed by atoms with van der Waals surface area (Å²) in [5.41, 5.74) is 0. The van der Waals surface area contributed by atoms with Crippen molar-refractivity contribution in [3.8, 4) is 0 Å². The quantitative estimate of drug-likeness (QED) is 0.398. The zero-order valence-corrected chi connectivity index (χ0v) is 9.43. The van der Waals surface area contributed by atoms with Gasteiger partial charge in [0.15, 0.2) is 0 Å². The molecule has 0 atom stereocenters. The van der Waals surface area contributed by atoms with Gasteiger partial charge in [-0.25, -0.2) is 0 Å². The second kappa shape index (κ2) is 10.7. The summed E-state index contributed by atoms with van der Waals surface area (Å²) >= 11 is 2.27. The molecule has 0 nitrogen and oxygen atoms in total. The van der Waals surface area contributed by atoms with Crippen LogP contribution < -0.4 is 0 Å². The summed E-state index contributed by atoms with van der Waals surface area (Å²) in [6, 6.07) is 0. The van der Waals surface area contributed by atoms with Crippen LogP contribution in [-0.2, 0) is 20.4 Å². The first kappa shape index (κ1) is 11.7. The molecule has 0 heterocycles. The molecule has 0 aromatic heterocycles. The van der Waals surface area contributed by atoms with Crippen LogP contribution in [0.4, 0.5) is 0 Å². The van der Waals surface area contributed by atoms with Gasteiger partial charge < -0.3 is 0 Å². The molecular weight excluding hydrogens is 168 g/mol. The first-order chi connectivity index (χ1) is 5.41. The van der Waals surface area contributed by atoms with E-state index < -0.39 is 0 Å². The summed E-state index contributed by atoms with van der Waals surface area (Å²) in [6.45, 7) is 2.27. The fourth-order valence-electron chi connectivity index (χ4n) is 1.26. The average Bonchev–Trinajstić information content (AvgIpc) is 2.03. The first-order valence-electron chi connectivity index (χ1n) is 5.06. The monoisotopic (exact) mass is 189 g/mol. The molecule has 0 aliphatic carbocycles. The van der Waals surface area contributed by atoms with Gasteiger partial charge >= 0.3 is 83.5 Å². The van der Waals surface area contributed by atoms with Crippen molar-refractivity contribution in [1.82, 2.24) is 0 Å². The molecule has 65 valence electrons. The van der Waals surface area contributed by atoms with Crippen molar-refractivity contribution in [2.45, 2.75) is 63.0 Å². The van der Waals surface area contributed by atoms with Crippen molar-refractivity contribution in [2.75, 3.05) is 0 Å². The van der Waals surface area contributed by atoms with Crippen LogP contribution in [-0.4, -0.2) is 0 Å². The molecule has 0 radical (unpaired) electrons. The average molecular weight is 189 g/mol. The van der Waals surface area contributed by atoms with Gasteiger partial charge in [0, 0.05) is 0 Å². The Kier molecular flexibility index (Phi) is 11.4. The molecule has 0 N–H and O–H groups in total. The van der Waals surface area contributed by atoms with E-state index in [1.807, 2.05) is 0 Å². The third-order valence-corrected chi connectivity index (χ3v) is 2.58. The summed E-state index contributed by atoms with van der Waals surface area (Å²) in [5.74, 6) is 0. The molecule has 0 aliphatic rings. The predicted molar refractivity (Wildman–Crippen MR) is 47.4 cm³/mol. The molecule has 11 heavy (non-hydrogen) atoms. The van der Waals surface area contributed by atoms with Crippen LogP contribution in [0, 0.1) is 0 Å². The molecule has 0 saturated carbocycles. The summed E-state index contributed by atoms with van der Waals surface area (Å²) in [7, 11) is 0. The van der Waals surface area contributed by atoms with Crippen LogP contribution in [0.3, 0.4) is 0 Å². The standard InChI is InChI=1S/C10H21.Ti/c1-3-5-7-9-10-8-6-4-2;/h1,3-10H2,2H3;. The number of unbranched alkanes of at least 4 members (excludes halogenated alkanes) is 7. The van der Waals surface area contributed by atoms with E-state index in [0.29, 0.717) is 0 Å². The van der Waals surface area contributed by atoms with Gasteiger partial charge in [-0.15, -0.1) is 0 Å². The normalized spacial score (nSPS) is 10.2. The summed E-state index contributed by atoms with van der Waals surface area (Å²) in [4.78, 5) is 0. The van der Waals surface area contributed by atoms with Gasteiger partial charge in [-0.2, -0.15) is 0 Å². The van der Waals surface area contributed by atoms with Crippen molar-refractivity contribution in [3.63, 3.8) is 0 Å². The van der Waals surface area contributed by atoms with Gasteiger partial charge in [0.2, 0.25) is 0 Å². The molecule has 1 heteroatoms. The molecule has 0 spiro atoms. The Hall–Kier alpha value is 0.714. The molecule has 0 aliphatic heterocycles. The van der Waals surface area contributed by atoms with E-state index in [1.165, 1.54) is 56.1 Å². The Balaban J connectivity index is 2.69. The van der Waals surface area contributed by atoms with Crippen LogP contribution in [0.2, 0.25) is 4.73 Å². The third-order valence-electron chi connectivity index (χ3n) is 2.03. The zero-order chi connectivity index (χ0) is 8.36. The fraction of sp³-hybridized carbons (Fsp3) is 1.00.